The van der Waals surface area contributed by atoms with Crippen molar-refractivity contribution in [3.8, 4) is 23.5 Å². The Kier molecular flexibility index (Phi) is 6.44. The zero-order chi connectivity index (χ0) is 24.1. The van der Waals surface area contributed by atoms with Crippen LogP contribution in [-0.2, 0) is 10.3 Å². The number of aromatic nitrogens is 2. The molecule has 1 saturated carbocycles. The van der Waals surface area contributed by atoms with Gasteiger partial charge in [-0.15, -0.1) is 17.8 Å². The Morgan fingerprint density at radius 2 is 2.15 bits per heavy atom. The standard InChI is InChI=1S/C24H20N6O3S/c1-3-21-29-20(14-34-21)30-23(32)28-19(13-33-22(25)31)18-8-7-16(12-27-18)15-5-4-6-17(11-15)24(26-2)9-10-24/h1,4-8,11-12,14,19H,9-10,13H2,(H2,25,31)(H2,28,30,32)/t19-/m0/s1. The van der Waals surface area contributed by atoms with E-state index < -0.39 is 23.7 Å². The highest BCUT2D eigenvalue weighted by Crippen LogP contribution is 2.50. The third-order valence-electron chi connectivity index (χ3n) is 5.38. The van der Waals surface area contributed by atoms with E-state index in [4.69, 9.17) is 23.5 Å². The number of nitrogens with one attached hydrogen (secondary N) is 2. The van der Waals surface area contributed by atoms with Crippen LogP contribution in [0.25, 0.3) is 16.0 Å². The number of rotatable bonds is 7. The first-order chi connectivity index (χ1) is 16.4. The molecule has 2 aromatic heterocycles. The molecule has 1 aliphatic carbocycles. The number of hydrogen-bond donors (Lipinski definition) is 3. The van der Waals surface area contributed by atoms with Gasteiger partial charge in [-0.25, -0.2) is 21.1 Å². The van der Waals surface area contributed by atoms with E-state index in [2.05, 4.69) is 31.4 Å². The number of thiazole rings is 1. The number of carbonyl (C=O) groups excluding carboxylic acids is 2. The lowest BCUT2D eigenvalue weighted by Crippen LogP contribution is -2.36. The topological polar surface area (TPSA) is 124 Å². The highest BCUT2D eigenvalue weighted by molar-refractivity contribution is 7.10. The molecule has 1 fully saturated rings. The monoisotopic (exact) mass is 472 g/mol. The van der Waals surface area contributed by atoms with Crippen LogP contribution in [0.2, 0.25) is 0 Å². The van der Waals surface area contributed by atoms with E-state index >= 15 is 0 Å². The predicted octanol–water partition coefficient (Wildman–Crippen LogP) is 4.05. The second-order valence-corrected chi connectivity index (χ2v) is 8.52. The van der Waals surface area contributed by atoms with Crippen molar-refractivity contribution in [2.24, 2.45) is 5.73 Å². The maximum Gasteiger partial charge on any atom is 0.404 e. The summed E-state index contributed by atoms with van der Waals surface area (Å²) in [4.78, 5) is 35.9. The van der Waals surface area contributed by atoms with Crippen molar-refractivity contribution >= 4 is 29.3 Å². The fraction of sp³-hybridized carbons (Fsp3) is 0.208. The number of carbonyl (C=O) groups is 2. The summed E-state index contributed by atoms with van der Waals surface area (Å²) in [6.07, 6.45) is 7.75. The molecule has 3 amide bonds. The summed E-state index contributed by atoms with van der Waals surface area (Å²) in [6.45, 7) is 7.28. The maximum absolute atomic E-state index is 12.5. The van der Waals surface area contributed by atoms with Crippen LogP contribution in [0.1, 0.15) is 35.1 Å². The van der Waals surface area contributed by atoms with Crippen LogP contribution in [0.15, 0.2) is 48.0 Å². The largest absolute Gasteiger partial charge is 0.447 e. The minimum Gasteiger partial charge on any atom is -0.447 e. The van der Waals surface area contributed by atoms with E-state index in [1.54, 1.807) is 17.6 Å². The number of urea groups is 1. The van der Waals surface area contributed by atoms with E-state index in [0.29, 0.717) is 16.5 Å². The van der Waals surface area contributed by atoms with Gasteiger partial charge in [-0.1, -0.05) is 24.3 Å². The number of ether oxygens (including phenoxy) is 1. The van der Waals surface area contributed by atoms with Gasteiger partial charge in [0.15, 0.2) is 5.01 Å². The number of hydrogen-bond acceptors (Lipinski definition) is 6. The summed E-state index contributed by atoms with van der Waals surface area (Å²) < 4.78 is 4.91. The summed E-state index contributed by atoms with van der Waals surface area (Å²) in [6, 6.07) is 10.1. The summed E-state index contributed by atoms with van der Waals surface area (Å²) in [5.74, 6) is 2.70. The molecular weight excluding hydrogens is 452 g/mol. The Balaban J connectivity index is 1.50. The lowest BCUT2D eigenvalue weighted by molar-refractivity contribution is 0.143. The van der Waals surface area contributed by atoms with Gasteiger partial charge < -0.3 is 20.6 Å². The van der Waals surface area contributed by atoms with Crippen LogP contribution < -0.4 is 16.4 Å². The third kappa shape index (κ3) is 5.14. The third-order valence-corrected chi connectivity index (χ3v) is 6.15. The van der Waals surface area contributed by atoms with E-state index in [1.165, 1.54) is 11.3 Å². The average Bonchev–Trinajstić information content (AvgIpc) is 3.53. The molecular formula is C24H20N6O3S. The Bertz CT molecular complexity index is 1300. The maximum atomic E-state index is 12.5. The van der Waals surface area contributed by atoms with Gasteiger partial charge >= 0.3 is 12.1 Å². The molecule has 9 nitrogen and oxygen atoms in total. The van der Waals surface area contributed by atoms with Gasteiger partial charge in [0, 0.05) is 35.5 Å². The molecule has 1 aromatic carbocycles. The van der Waals surface area contributed by atoms with Crippen LogP contribution in [0, 0.1) is 18.9 Å². The molecule has 0 unspecified atom stereocenters. The molecule has 0 spiro atoms. The molecule has 4 rings (SSSR count). The van der Waals surface area contributed by atoms with E-state index in [0.717, 1.165) is 29.5 Å². The molecule has 1 aliphatic rings. The summed E-state index contributed by atoms with van der Waals surface area (Å²) >= 11 is 1.22. The number of primary amides is 1. The van der Waals surface area contributed by atoms with Gasteiger partial charge in [-0.05, 0) is 23.6 Å². The van der Waals surface area contributed by atoms with Crippen molar-refractivity contribution in [1.29, 1.82) is 0 Å². The highest BCUT2D eigenvalue weighted by Gasteiger charge is 2.52. The van der Waals surface area contributed by atoms with Crippen LogP contribution in [0.3, 0.4) is 0 Å². The molecule has 34 heavy (non-hydrogen) atoms. The number of anilines is 1. The number of terminal acetylenes is 1. The van der Waals surface area contributed by atoms with Gasteiger partial charge in [0.2, 0.25) is 0 Å². The molecule has 2 heterocycles. The molecule has 0 bridgehead atoms. The molecule has 10 heteroatoms. The van der Waals surface area contributed by atoms with Crippen molar-refractivity contribution in [2.45, 2.75) is 24.4 Å². The Hall–Kier alpha value is -4.41. The van der Waals surface area contributed by atoms with Crippen LogP contribution >= 0.6 is 11.3 Å². The molecule has 3 aromatic rings. The summed E-state index contributed by atoms with van der Waals surface area (Å²) in [5, 5.41) is 7.34. The lowest BCUT2D eigenvalue weighted by atomic mass is 9.99. The second kappa shape index (κ2) is 9.61. The average molecular weight is 473 g/mol. The first kappa shape index (κ1) is 22.8. The summed E-state index contributed by atoms with van der Waals surface area (Å²) in [7, 11) is 0. The van der Waals surface area contributed by atoms with Crippen molar-refractivity contribution in [3.05, 3.63) is 75.7 Å². The minimum atomic E-state index is -0.965. The minimum absolute atomic E-state index is 0.204. The Labute approximate surface area is 200 Å². The lowest BCUT2D eigenvalue weighted by Gasteiger charge is -2.18. The van der Waals surface area contributed by atoms with E-state index in [-0.39, 0.29) is 6.61 Å². The molecule has 0 saturated heterocycles. The summed E-state index contributed by atoms with van der Waals surface area (Å²) in [5.41, 5.74) is 7.98. The van der Waals surface area contributed by atoms with Gasteiger partial charge in [-0.3, -0.25) is 10.3 Å². The number of nitrogens with zero attached hydrogens (tertiary/aromatic N) is 3. The van der Waals surface area contributed by atoms with Crippen molar-refractivity contribution in [3.63, 3.8) is 0 Å². The van der Waals surface area contributed by atoms with Crippen LogP contribution in [0.4, 0.5) is 15.4 Å². The number of benzene rings is 1. The first-order valence-corrected chi connectivity index (χ1v) is 11.2. The van der Waals surface area contributed by atoms with Crippen LogP contribution in [-0.4, -0.2) is 28.7 Å². The van der Waals surface area contributed by atoms with Crippen molar-refractivity contribution < 1.29 is 14.3 Å². The van der Waals surface area contributed by atoms with Crippen molar-refractivity contribution in [1.82, 2.24) is 15.3 Å². The highest BCUT2D eigenvalue weighted by atomic mass is 32.1. The van der Waals surface area contributed by atoms with E-state index in [1.807, 2.05) is 30.3 Å². The zero-order valence-corrected chi connectivity index (χ0v) is 18.8. The second-order valence-electron chi connectivity index (χ2n) is 7.66. The predicted molar refractivity (Wildman–Crippen MR) is 128 cm³/mol. The molecule has 1 atom stereocenters. The normalized spacial score (nSPS) is 14.2. The van der Waals surface area contributed by atoms with Gasteiger partial charge in [0.05, 0.1) is 5.69 Å². The van der Waals surface area contributed by atoms with Gasteiger partial charge in [0.25, 0.3) is 5.54 Å². The number of nitrogens with two attached hydrogens (primary N) is 1. The smallest absolute Gasteiger partial charge is 0.404 e. The van der Waals surface area contributed by atoms with E-state index in [9.17, 15) is 9.59 Å². The van der Waals surface area contributed by atoms with Crippen LogP contribution in [0.5, 0.6) is 0 Å². The SMILES string of the molecule is [C-]#[N+]C1(c2cccc(-c3ccc([C@H](COC(N)=O)NC(=O)Nc4csc(C#C)n4)nc3)c2)CC1. The van der Waals surface area contributed by atoms with Gasteiger partial charge in [-0.2, -0.15) is 0 Å². The molecule has 0 aliphatic heterocycles. The van der Waals surface area contributed by atoms with Gasteiger partial charge in [0.1, 0.15) is 18.5 Å². The zero-order valence-electron chi connectivity index (χ0n) is 17.9. The number of pyridine rings is 1. The van der Waals surface area contributed by atoms with Crippen molar-refractivity contribution in [2.75, 3.05) is 11.9 Å². The number of amides is 3. The molecule has 0 radical (unpaired) electrons. The fourth-order valence-electron chi connectivity index (χ4n) is 3.43. The Morgan fingerprint density at radius 3 is 2.76 bits per heavy atom. The molecule has 4 N–H and O–H groups in total. The Morgan fingerprint density at radius 1 is 1.32 bits per heavy atom. The fourth-order valence-corrected chi connectivity index (χ4v) is 3.98. The quantitative estimate of drug-likeness (QED) is 0.354. The first-order valence-electron chi connectivity index (χ1n) is 10.3. The molecule has 170 valence electrons.